The molecule has 0 rings (SSSR count). The van der Waals surface area contributed by atoms with Gasteiger partial charge in [0.1, 0.15) is 0 Å². The molecule has 0 spiro atoms. The minimum absolute atomic E-state index is 0.102. The summed E-state index contributed by atoms with van der Waals surface area (Å²) in [5, 5.41) is 2.86. The van der Waals surface area contributed by atoms with Crippen LogP contribution in [0.5, 0.6) is 0 Å². The predicted octanol–water partition coefficient (Wildman–Crippen LogP) is 1.05. The van der Waals surface area contributed by atoms with Crippen molar-refractivity contribution < 1.29 is 9.53 Å². The number of carbonyl (C=O) groups is 1. The van der Waals surface area contributed by atoms with E-state index >= 15 is 0 Å². The summed E-state index contributed by atoms with van der Waals surface area (Å²) in [7, 11) is 0. The number of rotatable bonds is 9. The van der Waals surface area contributed by atoms with Gasteiger partial charge in [-0.05, 0) is 39.7 Å². The zero-order valence-corrected chi connectivity index (χ0v) is 9.92. The van der Waals surface area contributed by atoms with Crippen LogP contribution in [0.3, 0.4) is 0 Å². The Morgan fingerprint density at radius 1 is 1.33 bits per heavy atom. The van der Waals surface area contributed by atoms with Gasteiger partial charge in [0, 0.05) is 19.6 Å². The first-order chi connectivity index (χ1) is 7.16. The molecule has 0 aliphatic carbocycles. The molecule has 0 heterocycles. The summed E-state index contributed by atoms with van der Waals surface area (Å²) >= 11 is 0. The van der Waals surface area contributed by atoms with E-state index in [1.54, 1.807) is 0 Å². The van der Waals surface area contributed by atoms with Crippen LogP contribution in [-0.4, -0.2) is 31.7 Å². The zero-order valence-electron chi connectivity index (χ0n) is 9.92. The van der Waals surface area contributed by atoms with E-state index in [1.807, 2.05) is 13.8 Å². The topological polar surface area (TPSA) is 64.3 Å². The number of ether oxygens (including phenoxy) is 1. The van der Waals surface area contributed by atoms with Crippen molar-refractivity contribution >= 4 is 5.91 Å². The predicted molar refractivity (Wildman–Crippen MR) is 61.6 cm³/mol. The van der Waals surface area contributed by atoms with Gasteiger partial charge < -0.3 is 15.8 Å². The largest absolute Gasteiger partial charge is 0.379 e. The van der Waals surface area contributed by atoms with Crippen molar-refractivity contribution in [3.63, 3.8) is 0 Å². The Balaban J connectivity index is 3.13. The molecule has 1 amide bonds. The normalized spacial score (nSPS) is 10.7. The van der Waals surface area contributed by atoms with Crippen LogP contribution < -0.4 is 11.1 Å². The summed E-state index contributed by atoms with van der Waals surface area (Å²) < 4.78 is 5.38. The van der Waals surface area contributed by atoms with Crippen LogP contribution in [0.1, 0.15) is 39.5 Å². The fourth-order valence-corrected chi connectivity index (χ4v) is 1.12. The van der Waals surface area contributed by atoms with E-state index in [-0.39, 0.29) is 5.91 Å². The van der Waals surface area contributed by atoms with Gasteiger partial charge in [-0.1, -0.05) is 0 Å². The molecular formula is C11H24N2O2. The molecule has 0 atom stereocenters. The number of carbonyl (C=O) groups excluding carboxylic acids is 1. The van der Waals surface area contributed by atoms with Gasteiger partial charge in [-0.15, -0.1) is 0 Å². The maximum Gasteiger partial charge on any atom is 0.220 e. The monoisotopic (exact) mass is 216 g/mol. The number of amides is 1. The van der Waals surface area contributed by atoms with Crippen LogP contribution in [0.2, 0.25) is 0 Å². The lowest BCUT2D eigenvalue weighted by Gasteiger charge is -2.07. The quantitative estimate of drug-likeness (QED) is 0.566. The molecule has 4 nitrogen and oxygen atoms in total. The smallest absolute Gasteiger partial charge is 0.220 e. The van der Waals surface area contributed by atoms with E-state index in [2.05, 4.69) is 5.32 Å². The summed E-state index contributed by atoms with van der Waals surface area (Å²) in [6.45, 7) is 6.14. The summed E-state index contributed by atoms with van der Waals surface area (Å²) in [6.07, 6.45) is 3.57. The second-order valence-corrected chi connectivity index (χ2v) is 3.87. The van der Waals surface area contributed by atoms with E-state index in [9.17, 15) is 4.79 Å². The van der Waals surface area contributed by atoms with Crippen LogP contribution in [0.25, 0.3) is 0 Å². The average Bonchev–Trinajstić information content (AvgIpc) is 2.19. The third kappa shape index (κ3) is 11.3. The molecule has 3 N–H and O–H groups in total. The Bertz CT molecular complexity index is 161. The van der Waals surface area contributed by atoms with Gasteiger partial charge in [-0.2, -0.15) is 0 Å². The fraction of sp³-hybridized carbons (Fsp3) is 0.909. The number of hydrogen-bond donors (Lipinski definition) is 2. The summed E-state index contributed by atoms with van der Waals surface area (Å²) in [6, 6.07) is 0. The molecule has 0 fully saturated rings. The number of nitrogens with one attached hydrogen (secondary N) is 1. The first-order valence-corrected chi connectivity index (χ1v) is 5.75. The van der Waals surface area contributed by atoms with Crippen LogP contribution >= 0.6 is 0 Å². The van der Waals surface area contributed by atoms with Gasteiger partial charge in [0.25, 0.3) is 0 Å². The van der Waals surface area contributed by atoms with Crippen molar-refractivity contribution in [3.8, 4) is 0 Å². The van der Waals surface area contributed by atoms with Gasteiger partial charge in [0.2, 0.25) is 5.91 Å². The molecule has 0 aromatic carbocycles. The van der Waals surface area contributed by atoms with Crippen molar-refractivity contribution in [2.75, 3.05) is 19.7 Å². The molecule has 0 aliphatic heterocycles. The van der Waals surface area contributed by atoms with E-state index in [0.29, 0.717) is 19.1 Å². The standard InChI is InChI=1S/C11H24N2O2/c1-10(2)15-9-4-3-8-13-11(14)6-5-7-12/h10H,3-9,12H2,1-2H3,(H,13,14). The molecule has 90 valence electrons. The highest BCUT2D eigenvalue weighted by Gasteiger charge is 1.99. The van der Waals surface area contributed by atoms with Crippen LogP contribution in [0.4, 0.5) is 0 Å². The number of hydrogen-bond acceptors (Lipinski definition) is 3. The van der Waals surface area contributed by atoms with E-state index in [4.69, 9.17) is 10.5 Å². The summed E-state index contributed by atoms with van der Waals surface area (Å²) in [5.41, 5.74) is 5.30. The van der Waals surface area contributed by atoms with Gasteiger partial charge >= 0.3 is 0 Å². The third-order valence-corrected chi connectivity index (χ3v) is 1.95. The molecule has 0 bridgehead atoms. The van der Waals surface area contributed by atoms with Crippen molar-refractivity contribution in [2.45, 2.75) is 45.6 Å². The van der Waals surface area contributed by atoms with Gasteiger partial charge in [-0.3, -0.25) is 4.79 Å². The molecule has 0 aromatic rings. The van der Waals surface area contributed by atoms with Gasteiger partial charge in [0.05, 0.1) is 6.10 Å². The Hall–Kier alpha value is -0.610. The number of nitrogens with two attached hydrogens (primary N) is 1. The molecule has 0 radical (unpaired) electrons. The first kappa shape index (κ1) is 14.4. The maximum atomic E-state index is 11.1. The van der Waals surface area contributed by atoms with Crippen LogP contribution in [0, 0.1) is 0 Å². The highest BCUT2D eigenvalue weighted by Crippen LogP contribution is 1.94. The third-order valence-electron chi connectivity index (χ3n) is 1.95. The minimum Gasteiger partial charge on any atom is -0.379 e. The molecule has 15 heavy (non-hydrogen) atoms. The minimum atomic E-state index is 0.102. The maximum absolute atomic E-state index is 11.1. The number of unbranched alkanes of at least 4 members (excludes halogenated alkanes) is 1. The second kappa shape index (κ2) is 9.93. The van der Waals surface area contributed by atoms with Crippen molar-refractivity contribution in [1.82, 2.24) is 5.32 Å². The van der Waals surface area contributed by atoms with Crippen molar-refractivity contribution in [1.29, 1.82) is 0 Å². The van der Waals surface area contributed by atoms with Crippen LogP contribution in [-0.2, 0) is 9.53 Å². The Kier molecular flexibility index (Phi) is 9.52. The lowest BCUT2D eigenvalue weighted by molar-refractivity contribution is -0.121. The Morgan fingerprint density at radius 2 is 2.07 bits per heavy atom. The van der Waals surface area contributed by atoms with Crippen molar-refractivity contribution in [3.05, 3.63) is 0 Å². The first-order valence-electron chi connectivity index (χ1n) is 5.75. The second-order valence-electron chi connectivity index (χ2n) is 3.87. The SMILES string of the molecule is CC(C)OCCCCNC(=O)CCCN. The Morgan fingerprint density at radius 3 is 2.67 bits per heavy atom. The molecule has 4 heteroatoms. The molecule has 0 aromatic heterocycles. The average molecular weight is 216 g/mol. The van der Waals surface area contributed by atoms with E-state index in [0.717, 1.165) is 32.4 Å². The molecular weight excluding hydrogens is 192 g/mol. The summed E-state index contributed by atoms with van der Waals surface area (Å²) in [4.78, 5) is 11.1. The van der Waals surface area contributed by atoms with Crippen LogP contribution in [0.15, 0.2) is 0 Å². The van der Waals surface area contributed by atoms with Gasteiger partial charge in [-0.25, -0.2) is 0 Å². The lowest BCUT2D eigenvalue weighted by atomic mass is 10.3. The highest BCUT2D eigenvalue weighted by molar-refractivity contribution is 5.75. The van der Waals surface area contributed by atoms with E-state index in [1.165, 1.54) is 0 Å². The zero-order chi connectivity index (χ0) is 11.5. The molecule has 0 unspecified atom stereocenters. The molecule has 0 aliphatic rings. The molecule has 0 saturated heterocycles. The fourth-order valence-electron chi connectivity index (χ4n) is 1.12. The Labute approximate surface area is 92.6 Å². The lowest BCUT2D eigenvalue weighted by Crippen LogP contribution is -2.25. The highest BCUT2D eigenvalue weighted by atomic mass is 16.5. The van der Waals surface area contributed by atoms with Crippen molar-refractivity contribution in [2.24, 2.45) is 5.73 Å². The summed E-state index contributed by atoms with van der Waals surface area (Å²) in [5.74, 6) is 0.102. The van der Waals surface area contributed by atoms with E-state index < -0.39 is 0 Å². The van der Waals surface area contributed by atoms with Gasteiger partial charge in [0.15, 0.2) is 0 Å². The molecule has 0 saturated carbocycles.